The number of sulfonamides is 1. The average molecular weight is 581 g/mol. The molecule has 3 N–H and O–H groups in total. The molecule has 13 heteroatoms. The molecule has 4 rings (SSSR count). The molecule has 0 aliphatic carbocycles. The van der Waals surface area contributed by atoms with Gasteiger partial charge in [-0.1, -0.05) is 29.8 Å². The SMILES string of the molecule is COc1ccc(CN(c2nccs2)S(=O)(=O)c2cc(Cl)c(N[C@@H](N)c3ccccc3F)cc2F)c(OC)c1. The van der Waals surface area contributed by atoms with Crippen LogP contribution in [-0.4, -0.2) is 27.6 Å². The quantitative estimate of drug-likeness (QED) is 0.237. The Bertz CT molecular complexity index is 1540. The molecule has 8 nitrogen and oxygen atoms in total. The first-order chi connectivity index (χ1) is 18.1. The highest BCUT2D eigenvalue weighted by atomic mass is 35.5. The van der Waals surface area contributed by atoms with E-state index in [1.807, 2.05) is 0 Å². The highest BCUT2D eigenvalue weighted by molar-refractivity contribution is 7.93. The number of nitrogens with one attached hydrogen (secondary N) is 1. The van der Waals surface area contributed by atoms with E-state index >= 15 is 4.39 Å². The number of benzene rings is 3. The molecule has 0 spiro atoms. The summed E-state index contributed by atoms with van der Waals surface area (Å²) in [6.45, 7) is -0.210. The van der Waals surface area contributed by atoms with Crippen molar-refractivity contribution in [3.63, 3.8) is 0 Å². The van der Waals surface area contributed by atoms with Gasteiger partial charge < -0.3 is 20.5 Å². The van der Waals surface area contributed by atoms with Crippen molar-refractivity contribution in [2.24, 2.45) is 5.73 Å². The number of halogens is 3. The number of anilines is 2. The van der Waals surface area contributed by atoms with E-state index in [9.17, 15) is 12.8 Å². The predicted molar refractivity (Wildman–Crippen MR) is 143 cm³/mol. The van der Waals surface area contributed by atoms with Gasteiger partial charge in [-0.2, -0.15) is 0 Å². The fraction of sp³-hybridized carbons (Fsp3) is 0.160. The van der Waals surface area contributed by atoms with Gasteiger partial charge in [-0.05, 0) is 30.3 Å². The van der Waals surface area contributed by atoms with Gasteiger partial charge in [0.2, 0.25) is 0 Å². The third-order valence-corrected chi connectivity index (χ3v) is 8.56. The second-order valence-electron chi connectivity index (χ2n) is 7.91. The van der Waals surface area contributed by atoms with Crippen LogP contribution in [0.15, 0.2) is 71.1 Å². The molecule has 0 radical (unpaired) electrons. The molecule has 0 amide bonds. The molecule has 200 valence electrons. The van der Waals surface area contributed by atoms with E-state index in [2.05, 4.69) is 10.3 Å². The number of thiazole rings is 1. The van der Waals surface area contributed by atoms with Crippen LogP contribution in [0.5, 0.6) is 11.5 Å². The minimum atomic E-state index is -4.50. The number of rotatable bonds is 10. The Morgan fingerprint density at radius 2 is 1.87 bits per heavy atom. The third-order valence-electron chi connectivity index (χ3n) is 5.58. The third kappa shape index (κ3) is 5.68. The van der Waals surface area contributed by atoms with E-state index in [4.69, 9.17) is 26.8 Å². The molecule has 0 saturated carbocycles. The first-order valence-electron chi connectivity index (χ1n) is 11.0. The summed E-state index contributed by atoms with van der Waals surface area (Å²) in [5.74, 6) is -0.748. The predicted octanol–water partition coefficient (Wildman–Crippen LogP) is 5.56. The van der Waals surface area contributed by atoms with Gasteiger partial charge in [0.05, 0.1) is 31.5 Å². The standard InChI is InChI=1S/C25H23ClF2N4O4S2/c1-35-16-8-7-15(22(11-16)36-2)14-32(25-30-9-10-37-25)38(33,34)23-12-18(26)21(13-20(23)28)31-24(29)17-5-3-4-6-19(17)27/h3-13,24,31H,14,29H2,1-2H3/t24-/m1/s1. The summed E-state index contributed by atoms with van der Waals surface area (Å²) in [7, 11) is -1.57. The van der Waals surface area contributed by atoms with E-state index < -0.39 is 32.7 Å². The van der Waals surface area contributed by atoms with Crippen molar-refractivity contribution in [2.45, 2.75) is 17.6 Å². The summed E-state index contributed by atoms with van der Waals surface area (Å²) in [6, 6.07) is 12.6. The van der Waals surface area contributed by atoms with Crippen molar-refractivity contribution >= 4 is 43.8 Å². The molecule has 0 saturated heterocycles. The Labute approximate surface area is 227 Å². The zero-order valence-corrected chi connectivity index (χ0v) is 22.6. The van der Waals surface area contributed by atoms with Crippen molar-refractivity contribution < 1.29 is 26.7 Å². The lowest BCUT2D eigenvalue weighted by atomic mass is 10.1. The lowest BCUT2D eigenvalue weighted by Crippen LogP contribution is -2.31. The highest BCUT2D eigenvalue weighted by Gasteiger charge is 2.32. The molecule has 0 unspecified atom stereocenters. The van der Waals surface area contributed by atoms with Crippen LogP contribution >= 0.6 is 22.9 Å². The molecule has 1 aromatic heterocycles. The molecular weight excluding hydrogens is 558 g/mol. The maximum atomic E-state index is 15.4. The lowest BCUT2D eigenvalue weighted by molar-refractivity contribution is 0.391. The van der Waals surface area contributed by atoms with Crippen molar-refractivity contribution in [1.29, 1.82) is 0 Å². The topological polar surface area (TPSA) is 107 Å². The second-order valence-corrected chi connectivity index (χ2v) is 11.0. The van der Waals surface area contributed by atoms with Crippen LogP contribution in [0, 0.1) is 11.6 Å². The number of nitrogens with two attached hydrogens (primary N) is 1. The fourth-order valence-corrected chi connectivity index (χ4v) is 6.28. The summed E-state index contributed by atoms with van der Waals surface area (Å²) < 4.78 is 68.6. The van der Waals surface area contributed by atoms with E-state index in [-0.39, 0.29) is 27.9 Å². The Morgan fingerprint density at radius 3 is 2.53 bits per heavy atom. The second kappa shape index (κ2) is 11.5. The van der Waals surface area contributed by atoms with Crippen LogP contribution in [0.2, 0.25) is 5.02 Å². The zero-order chi connectivity index (χ0) is 27.4. The summed E-state index contributed by atoms with van der Waals surface area (Å²) in [6.07, 6.45) is 0.374. The van der Waals surface area contributed by atoms with Gasteiger partial charge in [0.1, 0.15) is 34.2 Å². The van der Waals surface area contributed by atoms with Crippen molar-refractivity contribution in [2.75, 3.05) is 23.8 Å². The number of aromatic nitrogens is 1. The van der Waals surface area contributed by atoms with Gasteiger partial charge in [0.15, 0.2) is 5.13 Å². The maximum Gasteiger partial charge on any atom is 0.269 e. The number of methoxy groups -OCH3 is 2. The van der Waals surface area contributed by atoms with Gasteiger partial charge in [0, 0.05) is 28.8 Å². The monoisotopic (exact) mass is 580 g/mol. The number of nitrogens with zero attached hydrogens (tertiary/aromatic N) is 2. The van der Waals surface area contributed by atoms with Gasteiger partial charge in [-0.25, -0.2) is 26.5 Å². The van der Waals surface area contributed by atoms with Crippen LogP contribution in [0.3, 0.4) is 0 Å². The molecular formula is C25H23ClF2N4O4S2. The molecule has 0 aliphatic rings. The van der Waals surface area contributed by atoms with Gasteiger partial charge in [-0.3, -0.25) is 0 Å². The molecule has 38 heavy (non-hydrogen) atoms. The first kappa shape index (κ1) is 27.6. The van der Waals surface area contributed by atoms with E-state index in [0.717, 1.165) is 27.8 Å². The van der Waals surface area contributed by atoms with Crippen molar-refractivity contribution in [3.8, 4) is 11.5 Å². The Morgan fingerprint density at radius 1 is 1.11 bits per heavy atom. The molecule has 1 atom stereocenters. The minimum absolute atomic E-state index is 0.00325. The smallest absolute Gasteiger partial charge is 0.269 e. The highest BCUT2D eigenvalue weighted by Crippen LogP contribution is 2.36. The van der Waals surface area contributed by atoms with E-state index in [0.29, 0.717) is 17.1 Å². The maximum absolute atomic E-state index is 15.4. The normalized spacial score (nSPS) is 12.2. The van der Waals surface area contributed by atoms with E-state index in [1.165, 1.54) is 38.6 Å². The number of hydrogen-bond donors (Lipinski definition) is 2. The van der Waals surface area contributed by atoms with Gasteiger partial charge >= 0.3 is 0 Å². The Kier molecular flexibility index (Phi) is 8.36. The van der Waals surface area contributed by atoms with Crippen molar-refractivity contribution in [1.82, 2.24) is 4.98 Å². The molecule has 3 aromatic carbocycles. The zero-order valence-electron chi connectivity index (χ0n) is 20.2. The molecule has 1 heterocycles. The molecule has 0 aliphatic heterocycles. The largest absolute Gasteiger partial charge is 0.497 e. The van der Waals surface area contributed by atoms with Crippen LogP contribution in [-0.2, 0) is 16.6 Å². The summed E-state index contributed by atoms with van der Waals surface area (Å²) in [5.41, 5.74) is 6.65. The lowest BCUT2D eigenvalue weighted by Gasteiger charge is -2.24. The molecule has 4 aromatic rings. The van der Waals surface area contributed by atoms with Gasteiger partial charge in [-0.15, -0.1) is 11.3 Å². The van der Waals surface area contributed by atoms with Crippen LogP contribution in [0.25, 0.3) is 0 Å². The van der Waals surface area contributed by atoms with Gasteiger partial charge in [0.25, 0.3) is 10.0 Å². The Hall–Kier alpha value is -3.45. The molecule has 0 bridgehead atoms. The van der Waals surface area contributed by atoms with Crippen molar-refractivity contribution in [3.05, 3.63) is 94.0 Å². The first-order valence-corrected chi connectivity index (χ1v) is 13.7. The number of ether oxygens (including phenoxy) is 2. The summed E-state index contributed by atoms with van der Waals surface area (Å²) >= 11 is 7.41. The molecule has 0 fully saturated rings. The number of hydrogen-bond acceptors (Lipinski definition) is 8. The Balaban J connectivity index is 1.70. The summed E-state index contributed by atoms with van der Waals surface area (Å²) in [5, 5.41) is 4.31. The summed E-state index contributed by atoms with van der Waals surface area (Å²) in [4.78, 5) is 3.45. The fourth-order valence-electron chi connectivity index (χ4n) is 3.66. The van der Waals surface area contributed by atoms with E-state index in [1.54, 1.807) is 29.6 Å². The van der Waals surface area contributed by atoms with Crippen LogP contribution in [0.4, 0.5) is 19.6 Å². The van der Waals surface area contributed by atoms with Crippen LogP contribution in [0.1, 0.15) is 17.3 Å². The average Bonchev–Trinajstić information content (AvgIpc) is 3.43. The minimum Gasteiger partial charge on any atom is -0.497 e. The van der Waals surface area contributed by atoms with Crippen LogP contribution < -0.4 is 24.8 Å².